The Morgan fingerprint density at radius 3 is 2.65 bits per heavy atom. The Balaban J connectivity index is 2.02. The normalized spacial score (nSPS) is 34.2. The topological polar surface area (TPSA) is 125 Å². The van der Waals surface area contributed by atoms with Crippen molar-refractivity contribution < 1.29 is 43.2 Å². The van der Waals surface area contributed by atoms with Gasteiger partial charge in [0, 0.05) is 31.1 Å². The van der Waals surface area contributed by atoms with Crippen molar-refractivity contribution in [1.82, 2.24) is 0 Å². The number of hydrogen-bond donors (Lipinski definition) is 1. The van der Waals surface area contributed by atoms with Crippen LogP contribution in [0.3, 0.4) is 0 Å². The lowest BCUT2D eigenvalue weighted by molar-refractivity contribution is -0.153. The largest absolute Gasteiger partial charge is 0.479 e. The molecule has 0 amide bonds. The Hall–Kier alpha value is -2.94. The Morgan fingerprint density at radius 1 is 1.29 bits per heavy atom. The molecule has 0 saturated carbocycles. The number of hydrogen-bond acceptors (Lipinski definition) is 9. The van der Waals surface area contributed by atoms with Gasteiger partial charge in [0.15, 0.2) is 5.60 Å². The van der Waals surface area contributed by atoms with Crippen LogP contribution in [0.5, 0.6) is 0 Å². The van der Waals surface area contributed by atoms with E-state index in [1.54, 1.807) is 13.8 Å². The van der Waals surface area contributed by atoms with Crippen LogP contribution in [0.4, 0.5) is 0 Å². The van der Waals surface area contributed by atoms with E-state index in [-0.39, 0.29) is 37.1 Å². The number of allylic oxidation sites excluding steroid dienone is 1. The third kappa shape index (κ3) is 4.71. The Labute approximate surface area is 179 Å². The lowest BCUT2D eigenvalue weighted by Gasteiger charge is -2.27. The van der Waals surface area contributed by atoms with Crippen LogP contribution in [0.2, 0.25) is 0 Å². The van der Waals surface area contributed by atoms with Crippen molar-refractivity contribution in [2.75, 3.05) is 13.2 Å². The fraction of sp³-hybridized carbons (Fsp3) is 0.545. The van der Waals surface area contributed by atoms with E-state index in [1.165, 1.54) is 25.2 Å². The summed E-state index contributed by atoms with van der Waals surface area (Å²) in [5.74, 6) is -3.56. The summed E-state index contributed by atoms with van der Waals surface area (Å²) >= 11 is 0. The van der Waals surface area contributed by atoms with Gasteiger partial charge < -0.3 is 24.1 Å². The van der Waals surface area contributed by atoms with Crippen molar-refractivity contribution in [1.29, 1.82) is 0 Å². The summed E-state index contributed by atoms with van der Waals surface area (Å²) in [4.78, 5) is 48.9. The molecular formula is C22H26O9. The van der Waals surface area contributed by atoms with Crippen LogP contribution in [0.1, 0.15) is 34.1 Å². The van der Waals surface area contributed by atoms with Crippen molar-refractivity contribution >= 4 is 23.7 Å². The molecule has 0 aliphatic carbocycles. The molecule has 2 bridgehead atoms. The molecular weight excluding hydrogens is 408 g/mol. The Bertz CT molecular complexity index is 897. The predicted molar refractivity (Wildman–Crippen MR) is 105 cm³/mol. The van der Waals surface area contributed by atoms with Crippen molar-refractivity contribution in [2.24, 2.45) is 17.8 Å². The number of aliphatic hydroxyl groups is 1. The molecule has 1 fully saturated rings. The van der Waals surface area contributed by atoms with Crippen LogP contribution in [0.15, 0.2) is 35.3 Å². The van der Waals surface area contributed by atoms with Gasteiger partial charge in [-0.25, -0.2) is 4.79 Å². The standard InChI is InChI=1S/C22H26O9/c1-11(9-23)5-19(26)29-16-6-12(2)15-7-18(25)22(4,31-15)8-17-20(16)14(21(27)30-17)10-28-13(3)24/h5,7-8,12,14,16,20,23H,6,9-10H2,1-4H3/b11-5+,17-8+/t12-,14?,16-,20+,22-/m0/s1. The summed E-state index contributed by atoms with van der Waals surface area (Å²) in [5, 5.41) is 9.17. The maximum absolute atomic E-state index is 12.6. The Kier molecular flexibility index (Phi) is 6.35. The Morgan fingerprint density at radius 2 is 2.00 bits per heavy atom. The van der Waals surface area contributed by atoms with E-state index >= 15 is 0 Å². The molecule has 1 N–H and O–H groups in total. The minimum absolute atomic E-state index is 0.141. The summed E-state index contributed by atoms with van der Waals surface area (Å²) < 4.78 is 22.1. The van der Waals surface area contributed by atoms with Crippen LogP contribution in [0.25, 0.3) is 0 Å². The SMILES string of the molecule is CC(=O)OCC1C(=O)O/C2=C/[C@]3(C)OC(=CC3=O)[C@@H](C)C[C@H](OC(=O)/C=C(\C)CO)[C@H]21. The molecule has 0 aromatic rings. The first-order valence-electron chi connectivity index (χ1n) is 10.1. The number of rotatable bonds is 5. The minimum atomic E-state index is -1.35. The molecule has 168 valence electrons. The molecule has 9 nitrogen and oxygen atoms in total. The highest BCUT2D eigenvalue weighted by molar-refractivity contribution is 6.01. The summed E-state index contributed by atoms with van der Waals surface area (Å²) in [6.45, 7) is 5.64. The number of aliphatic hydroxyl groups excluding tert-OH is 1. The second-order valence-corrected chi connectivity index (χ2v) is 8.28. The van der Waals surface area contributed by atoms with Gasteiger partial charge in [0.2, 0.25) is 5.78 Å². The molecule has 31 heavy (non-hydrogen) atoms. The second-order valence-electron chi connectivity index (χ2n) is 8.28. The second kappa shape index (κ2) is 8.66. The number of fused-ring (bicyclic) bond motifs is 3. The maximum Gasteiger partial charge on any atom is 0.331 e. The molecule has 1 unspecified atom stereocenters. The molecule has 0 radical (unpaired) electrons. The highest BCUT2D eigenvalue weighted by Gasteiger charge is 2.52. The predicted octanol–water partition coefficient (Wildman–Crippen LogP) is 1.35. The van der Waals surface area contributed by atoms with Crippen LogP contribution in [-0.2, 0) is 38.1 Å². The highest BCUT2D eigenvalue weighted by Crippen LogP contribution is 2.44. The van der Waals surface area contributed by atoms with Crippen LogP contribution >= 0.6 is 0 Å². The van der Waals surface area contributed by atoms with Crippen molar-refractivity contribution in [3.63, 3.8) is 0 Å². The first-order valence-corrected chi connectivity index (χ1v) is 10.1. The van der Waals surface area contributed by atoms with E-state index in [0.29, 0.717) is 11.3 Å². The lowest BCUT2D eigenvalue weighted by atomic mass is 9.82. The van der Waals surface area contributed by atoms with Gasteiger partial charge in [-0.1, -0.05) is 6.92 Å². The van der Waals surface area contributed by atoms with Gasteiger partial charge >= 0.3 is 17.9 Å². The lowest BCUT2D eigenvalue weighted by Crippen LogP contribution is -2.36. The van der Waals surface area contributed by atoms with E-state index < -0.39 is 41.4 Å². The summed E-state index contributed by atoms with van der Waals surface area (Å²) in [7, 11) is 0. The first-order chi connectivity index (χ1) is 14.5. The summed E-state index contributed by atoms with van der Waals surface area (Å²) in [5.41, 5.74) is -0.935. The van der Waals surface area contributed by atoms with Gasteiger partial charge in [0.05, 0.1) is 12.5 Å². The third-order valence-electron chi connectivity index (χ3n) is 5.61. The first kappa shape index (κ1) is 22.7. The van der Waals surface area contributed by atoms with E-state index in [1.807, 2.05) is 6.92 Å². The number of carbonyl (C=O) groups is 4. The van der Waals surface area contributed by atoms with Gasteiger partial charge in [-0.2, -0.15) is 0 Å². The molecule has 9 heteroatoms. The molecule has 3 heterocycles. The van der Waals surface area contributed by atoms with Crippen molar-refractivity contribution in [2.45, 2.75) is 45.8 Å². The maximum atomic E-state index is 12.6. The molecule has 3 aliphatic rings. The van der Waals surface area contributed by atoms with Gasteiger partial charge in [0.25, 0.3) is 0 Å². The number of ketones is 1. The average Bonchev–Trinajstić information content (AvgIpc) is 3.15. The number of carbonyl (C=O) groups excluding carboxylic acids is 4. The smallest absolute Gasteiger partial charge is 0.331 e. The van der Waals surface area contributed by atoms with Crippen LogP contribution in [0, 0.1) is 17.8 Å². The van der Waals surface area contributed by atoms with Crippen LogP contribution < -0.4 is 0 Å². The number of esters is 3. The monoisotopic (exact) mass is 434 g/mol. The minimum Gasteiger partial charge on any atom is -0.479 e. The zero-order valence-corrected chi connectivity index (χ0v) is 17.9. The van der Waals surface area contributed by atoms with E-state index in [2.05, 4.69) is 0 Å². The van der Waals surface area contributed by atoms with E-state index in [9.17, 15) is 24.3 Å². The molecule has 1 saturated heterocycles. The molecule has 3 aliphatic heterocycles. The highest BCUT2D eigenvalue weighted by atomic mass is 16.6. The van der Waals surface area contributed by atoms with Gasteiger partial charge in [-0.05, 0) is 25.8 Å². The van der Waals surface area contributed by atoms with Crippen molar-refractivity contribution in [3.05, 3.63) is 35.3 Å². The van der Waals surface area contributed by atoms with Gasteiger partial charge in [-0.15, -0.1) is 0 Å². The van der Waals surface area contributed by atoms with Crippen LogP contribution in [-0.4, -0.2) is 53.7 Å². The zero-order chi connectivity index (χ0) is 22.9. The van der Waals surface area contributed by atoms with Gasteiger partial charge in [-0.3, -0.25) is 14.4 Å². The van der Waals surface area contributed by atoms with Gasteiger partial charge in [0.1, 0.15) is 30.1 Å². The molecule has 3 rings (SSSR count). The van der Waals surface area contributed by atoms with Crippen molar-refractivity contribution in [3.8, 4) is 0 Å². The molecule has 0 spiro atoms. The average molecular weight is 434 g/mol. The summed E-state index contributed by atoms with van der Waals surface area (Å²) in [6.07, 6.45) is 3.42. The fourth-order valence-electron chi connectivity index (χ4n) is 3.93. The summed E-state index contributed by atoms with van der Waals surface area (Å²) in [6, 6.07) is 0. The van der Waals surface area contributed by atoms with E-state index in [4.69, 9.17) is 18.9 Å². The zero-order valence-electron chi connectivity index (χ0n) is 17.9. The molecule has 0 aromatic heterocycles. The van der Waals surface area contributed by atoms with E-state index in [0.717, 1.165) is 0 Å². The fourth-order valence-corrected chi connectivity index (χ4v) is 3.93. The quantitative estimate of drug-likeness (QED) is 0.388. The molecule has 5 atom stereocenters. The number of ether oxygens (including phenoxy) is 4. The third-order valence-corrected chi connectivity index (χ3v) is 5.61. The molecule has 0 aromatic carbocycles.